The van der Waals surface area contributed by atoms with Crippen molar-refractivity contribution in [2.45, 2.75) is 20.0 Å². The summed E-state index contributed by atoms with van der Waals surface area (Å²) in [6, 6.07) is 17.1. The van der Waals surface area contributed by atoms with E-state index in [2.05, 4.69) is 9.97 Å². The Morgan fingerprint density at radius 2 is 1.87 bits per heavy atom. The number of anilines is 1. The van der Waals surface area contributed by atoms with Crippen LogP contribution in [0.25, 0.3) is 10.9 Å². The van der Waals surface area contributed by atoms with Crippen molar-refractivity contribution >= 4 is 34.1 Å². The molecule has 0 saturated carbocycles. The number of carbonyl (C=O) groups excluding carboxylic acids is 1. The highest BCUT2D eigenvalue weighted by Crippen LogP contribution is 2.23. The minimum absolute atomic E-state index is 0.243. The SMILES string of the molecule is CCn1c(=O)[nH]c2cc(C(=O)N(Cc3ccccn3)c3ccc(Cl)cc3)ccc2c1=O. The molecule has 2 heterocycles. The van der Waals surface area contributed by atoms with Gasteiger partial charge >= 0.3 is 5.69 Å². The third-order valence-corrected chi connectivity index (χ3v) is 5.23. The molecule has 1 amide bonds. The molecule has 7 nitrogen and oxygen atoms in total. The number of rotatable bonds is 5. The Labute approximate surface area is 182 Å². The van der Waals surface area contributed by atoms with Gasteiger partial charge in [0.25, 0.3) is 11.5 Å². The molecule has 1 N–H and O–H groups in total. The maximum absolute atomic E-state index is 13.5. The van der Waals surface area contributed by atoms with Crippen LogP contribution in [-0.2, 0) is 13.1 Å². The molecule has 0 aliphatic carbocycles. The first kappa shape index (κ1) is 20.6. The van der Waals surface area contributed by atoms with E-state index in [1.54, 1.807) is 60.5 Å². The van der Waals surface area contributed by atoms with Gasteiger partial charge in [-0.1, -0.05) is 17.7 Å². The fourth-order valence-corrected chi connectivity index (χ4v) is 3.51. The van der Waals surface area contributed by atoms with Gasteiger partial charge in [0.2, 0.25) is 0 Å². The van der Waals surface area contributed by atoms with Crippen LogP contribution in [0.1, 0.15) is 23.0 Å². The lowest BCUT2D eigenvalue weighted by molar-refractivity contribution is 0.0985. The van der Waals surface area contributed by atoms with Gasteiger partial charge in [-0.05, 0) is 61.5 Å². The molecule has 0 aliphatic heterocycles. The number of aromatic nitrogens is 3. The summed E-state index contributed by atoms with van der Waals surface area (Å²) >= 11 is 6.01. The lowest BCUT2D eigenvalue weighted by atomic mass is 10.1. The van der Waals surface area contributed by atoms with Crippen molar-refractivity contribution in [3.8, 4) is 0 Å². The summed E-state index contributed by atoms with van der Waals surface area (Å²) < 4.78 is 1.12. The summed E-state index contributed by atoms with van der Waals surface area (Å²) in [7, 11) is 0. The zero-order chi connectivity index (χ0) is 22.0. The largest absolute Gasteiger partial charge is 0.328 e. The zero-order valence-corrected chi connectivity index (χ0v) is 17.5. The predicted molar refractivity (Wildman–Crippen MR) is 121 cm³/mol. The van der Waals surface area contributed by atoms with E-state index in [4.69, 9.17) is 11.6 Å². The van der Waals surface area contributed by atoms with Crippen LogP contribution in [-0.4, -0.2) is 20.4 Å². The summed E-state index contributed by atoms with van der Waals surface area (Å²) in [6.07, 6.45) is 1.67. The van der Waals surface area contributed by atoms with E-state index in [-0.39, 0.29) is 24.6 Å². The number of hydrogen-bond acceptors (Lipinski definition) is 4. The van der Waals surface area contributed by atoms with E-state index < -0.39 is 5.69 Å². The number of pyridine rings is 1. The monoisotopic (exact) mass is 434 g/mol. The van der Waals surface area contributed by atoms with E-state index in [0.717, 1.165) is 4.57 Å². The number of nitrogens with one attached hydrogen (secondary N) is 1. The third-order valence-electron chi connectivity index (χ3n) is 4.97. The minimum atomic E-state index is -0.507. The van der Waals surface area contributed by atoms with Crippen LogP contribution in [0.2, 0.25) is 5.02 Å². The number of aromatic amines is 1. The molecule has 0 fully saturated rings. The molecule has 0 aliphatic rings. The second kappa shape index (κ2) is 8.57. The van der Waals surface area contributed by atoms with Crippen molar-refractivity contribution in [1.82, 2.24) is 14.5 Å². The molecule has 2 aromatic heterocycles. The van der Waals surface area contributed by atoms with Crippen LogP contribution >= 0.6 is 11.6 Å². The van der Waals surface area contributed by atoms with E-state index in [1.807, 2.05) is 12.1 Å². The lowest BCUT2D eigenvalue weighted by Gasteiger charge is -2.23. The van der Waals surface area contributed by atoms with Gasteiger partial charge < -0.3 is 9.88 Å². The lowest BCUT2D eigenvalue weighted by Crippen LogP contribution is -2.34. The number of benzene rings is 2. The molecule has 2 aromatic carbocycles. The van der Waals surface area contributed by atoms with E-state index in [0.29, 0.717) is 32.9 Å². The fourth-order valence-electron chi connectivity index (χ4n) is 3.39. The van der Waals surface area contributed by atoms with Crippen molar-refractivity contribution in [3.63, 3.8) is 0 Å². The van der Waals surface area contributed by atoms with E-state index in [9.17, 15) is 14.4 Å². The Kier molecular flexibility index (Phi) is 5.68. The standard InChI is InChI=1S/C23H19ClN4O3/c1-2-27-22(30)19-11-6-15(13-20(19)26-23(27)31)21(29)28(14-17-5-3-4-12-25-17)18-9-7-16(24)8-10-18/h3-13H,2,14H2,1H3,(H,26,31). The van der Waals surface area contributed by atoms with Gasteiger partial charge in [0, 0.05) is 29.0 Å². The van der Waals surface area contributed by atoms with Gasteiger partial charge in [-0.2, -0.15) is 0 Å². The molecule has 0 spiro atoms. The fraction of sp³-hybridized carbons (Fsp3) is 0.130. The Hall–Kier alpha value is -3.71. The summed E-state index contributed by atoms with van der Waals surface area (Å²) in [6.45, 7) is 2.23. The molecule has 0 unspecified atom stereocenters. The maximum atomic E-state index is 13.5. The minimum Gasteiger partial charge on any atom is -0.307 e. The maximum Gasteiger partial charge on any atom is 0.328 e. The van der Waals surface area contributed by atoms with Gasteiger partial charge in [-0.15, -0.1) is 0 Å². The molecular weight excluding hydrogens is 416 g/mol. The van der Waals surface area contributed by atoms with Gasteiger partial charge in [0.1, 0.15) is 0 Å². The quantitative estimate of drug-likeness (QED) is 0.519. The molecule has 0 bridgehead atoms. The van der Waals surface area contributed by atoms with Crippen LogP contribution in [0, 0.1) is 0 Å². The normalized spacial score (nSPS) is 10.9. The average molecular weight is 435 g/mol. The number of carbonyl (C=O) groups is 1. The highest BCUT2D eigenvalue weighted by Gasteiger charge is 2.20. The van der Waals surface area contributed by atoms with Gasteiger partial charge in [-0.3, -0.25) is 19.1 Å². The van der Waals surface area contributed by atoms with Crippen LogP contribution in [0.5, 0.6) is 0 Å². The van der Waals surface area contributed by atoms with Gasteiger partial charge in [-0.25, -0.2) is 4.79 Å². The molecule has 156 valence electrons. The molecule has 4 aromatic rings. The predicted octanol–water partition coefficient (Wildman–Crippen LogP) is 3.61. The highest BCUT2D eigenvalue weighted by atomic mass is 35.5. The zero-order valence-electron chi connectivity index (χ0n) is 16.7. The smallest absolute Gasteiger partial charge is 0.307 e. The number of fused-ring (bicyclic) bond motifs is 1. The first-order chi connectivity index (χ1) is 15.0. The van der Waals surface area contributed by atoms with Crippen molar-refractivity contribution < 1.29 is 4.79 Å². The van der Waals surface area contributed by atoms with Crippen molar-refractivity contribution in [1.29, 1.82) is 0 Å². The second-order valence-electron chi connectivity index (χ2n) is 6.93. The topological polar surface area (TPSA) is 88.1 Å². The number of H-pyrrole nitrogens is 1. The number of halogens is 1. The Morgan fingerprint density at radius 3 is 2.55 bits per heavy atom. The summed E-state index contributed by atoms with van der Waals surface area (Å²) in [5, 5.41) is 0.908. The molecule has 0 atom stereocenters. The van der Waals surface area contributed by atoms with Crippen LogP contribution in [0.15, 0.2) is 76.4 Å². The molecule has 0 saturated heterocycles. The summed E-state index contributed by atoms with van der Waals surface area (Å²) in [5.41, 5.74) is 1.12. The van der Waals surface area contributed by atoms with Crippen molar-refractivity contribution in [3.05, 3.63) is 104 Å². The average Bonchev–Trinajstić information content (AvgIpc) is 2.78. The molecule has 0 radical (unpaired) electrons. The van der Waals surface area contributed by atoms with E-state index >= 15 is 0 Å². The highest BCUT2D eigenvalue weighted by molar-refractivity contribution is 6.30. The number of hydrogen-bond donors (Lipinski definition) is 1. The number of nitrogens with zero attached hydrogens (tertiary/aromatic N) is 3. The van der Waals surface area contributed by atoms with E-state index in [1.165, 1.54) is 6.07 Å². The Balaban J connectivity index is 1.79. The summed E-state index contributed by atoms with van der Waals surface area (Å²) in [4.78, 5) is 46.7. The van der Waals surface area contributed by atoms with Crippen LogP contribution in [0.3, 0.4) is 0 Å². The first-order valence-corrected chi connectivity index (χ1v) is 10.1. The molecule has 31 heavy (non-hydrogen) atoms. The Bertz CT molecular complexity index is 1360. The Morgan fingerprint density at radius 1 is 1.10 bits per heavy atom. The number of amides is 1. The molecule has 8 heteroatoms. The summed E-state index contributed by atoms with van der Waals surface area (Å²) in [5.74, 6) is -0.296. The molecule has 4 rings (SSSR count). The van der Waals surface area contributed by atoms with Crippen LogP contribution in [0.4, 0.5) is 5.69 Å². The van der Waals surface area contributed by atoms with Crippen molar-refractivity contribution in [2.24, 2.45) is 0 Å². The molecular formula is C23H19ClN4O3. The van der Waals surface area contributed by atoms with Gasteiger partial charge in [0.15, 0.2) is 0 Å². The second-order valence-corrected chi connectivity index (χ2v) is 7.37. The third kappa shape index (κ3) is 4.13. The van der Waals surface area contributed by atoms with Crippen molar-refractivity contribution in [2.75, 3.05) is 4.90 Å². The first-order valence-electron chi connectivity index (χ1n) is 9.72. The van der Waals surface area contributed by atoms with Crippen LogP contribution < -0.4 is 16.1 Å². The van der Waals surface area contributed by atoms with Gasteiger partial charge in [0.05, 0.1) is 23.1 Å².